The van der Waals surface area contributed by atoms with Crippen molar-refractivity contribution in [1.29, 1.82) is 5.26 Å². The number of hydrogen-bond donors (Lipinski definition) is 0. The quantitative estimate of drug-likeness (QED) is 0.394. The fraction of sp³-hybridized carbons (Fsp3) is 0.615. The average molecular weight is 253 g/mol. The van der Waals surface area contributed by atoms with Gasteiger partial charge in [0.15, 0.2) is 0 Å². The second kappa shape index (κ2) is 9.23. The molecule has 5 nitrogen and oxygen atoms in total. The zero-order chi connectivity index (χ0) is 14.0. The predicted molar refractivity (Wildman–Crippen MR) is 65.4 cm³/mol. The molecule has 0 atom stereocenters. The molecule has 0 amide bonds. The lowest BCUT2D eigenvalue weighted by Crippen LogP contribution is -2.09. The molecule has 0 radical (unpaired) electrons. The summed E-state index contributed by atoms with van der Waals surface area (Å²) in [4.78, 5) is 22.5. The van der Waals surface area contributed by atoms with Crippen molar-refractivity contribution in [2.24, 2.45) is 0 Å². The van der Waals surface area contributed by atoms with Crippen LogP contribution in [-0.2, 0) is 19.1 Å². The van der Waals surface area contributed by atoms with E-state index in [9.17, 15) is 9.59 Å². The molecule has 0 spiro atoms. The van der Waals surface area contributed by atoms with Crippen molar-refractivity contribution in [3.63, 3.8) is 0 Å². The van der Waals surface area contributed by atoms with Crippen LogP contribution in [0.15, 0.2) is 11.1 Å². The van der Waals surface area contributed by atoms with Gasteiger partial charge in [-0.2, -0.15) is 5.26 Å². The number of carbonyl (C=O) groups excluding carboxylic acids is 2. The molecule has 0 aliphatic carbocycles. The summed E-state index contributed by atoms with van der Waals surface area (Å²) >= 11 is 0. The predicted octanol–water partition coefficient (Wildman–Crippen LogP) is 2.12. The Labute approximate surface area is 107 Å². The fourth-order valence-electron chi connectivity index (χ4n) is 1.37. The van der Waals surface area contributed by atoms with E-state index in [1.807, 2.05) is 6.07 Å². The molecule has 0 saturated heterocycles. The Balaban J connectivity index is 4.34. The van der Waals surface area contributed by atoms with E-state index in [2.05, 4.69) is 0 Å². The van der Waals surface area contributed by atoms with Crippen LogP contribution >= 0.6 is 0 Å². The van der Waals surface area contributed by atoms with Gasteiger partial charge in [0, 0.05) is 6.42 Å². The number of nitriles is 1. The van der Waals surface area contributed by atoms with E-state index < -0.39 is 5.97 Å². The van der Waals surface area contributed by atoms with Crippen LogP contribution in [0.1, 0.15) is 40.0 Å². The Bertz CT molecular complexity index is 366. The minimum Gasteiger partial charge on any atom is -0.466 e. The lowest BCUT2D eigenvalue weighted by Gasteiger charge is -2.05. The molecule has 0 heterocycles. The molecule has 0 bridgehead atoms. The third-order valence-electron chi connectivity index (χ3n) is 2.26. The molecule has 0 aromatic rings. The molecule has 0 fully saturated rings. The lowest BCUT2D eigenvalue weighted by atomic mass is 10.0. The Kier molecular flexibility index (Phi) is 8.29. The summed E-state index contributed by atoms with van der Waals surface area (Å²) in [5.41, 5.74) is 0.668. The molecule has 0 aliphatic heterocycles. The Morgan fingerprint density at radius 3 is 2.22 bits per heavy atom. The van der Waals surface area contributed by atoms with Crippen LogP contribution in [0.2, 0.25) is 0 Å². The molecule has 0 aromatic carbocycles. The first kappa shape index (κ1) is 16.2. The van der Waals surface area contributed by atoms with E-state index >= 15 is 0 Å². The van der Waals surface area contributed by atoms with Gasteiger partial charge in [-0.15, -0.1) is 0 Å². The zero-order valence-corrected chi connectivity index (χ0v) is 11.1. The largest absolute Gasteiger partial charge is 0.466 e. The molecular formula is C13H19NO4. The van der Waals surface area contributed by atoms with Gasteiger partial charge in [0.2, 0.25) is 0 Å². The van der Waals surface area contributed by atoms with E-state index in [1.165, 1.54) is 0 Å². The number of hydrogen-bond acceptors (Lipinski definition) is 5. The molecular weight excluding hydrogens is 234 g/mol. The van der Waals surface area contributed by atoms with Gasteiger partial charge in [-0.25, -0.2) is 4.79 Å². The normalized spacial score (nSPS) is 11.2. The highest BCUT2D eigenvalue weighted by atomic mass is 16.5. The van der Waals surface area contributed by atoms with E-state index in [0.717, 1.165) is 0 Å². The van der Waals surface area contributed by atoms with E-state index in [-0.39, 0.29) is 24.6 Å². The summed E-state index contributed by atoms with van der Waals surface area (Å²) in [6.07, 6.45) is 1.34. The average Bonchev–Trinajstić information content (AvgIpc) is 2.30. The van der Waals surface area contributed by atoms with Crippen molar-refractivity contribution in [3.8, 4) is 6.07 Å². The first-order valence-corrected chi connectivity index (χ1v) is 5.99. The first-order chi connectivity index (χ1) is 8.56. The summed E-state index contributed by atoms with van der Waals surface area (Å²) in [6.45, 7) is 5.72. The summed E-state index contributed by atoms with van der Waals surface area (Å²) in [5, 5.41) is 8.89. The molecule has 0 aliphatic rings. The van der Waals surface area contributed by atoms with Crippen LogP contribution in [0.3, 0.4) is 0 Å². The van der Waals surface area contributed by atoms with Crippen LogP contribution in [0.4, 0.5) is 0 Å². The van der Waals surface area contributed by atoms with Gasteiger partial charge in [0.25, 0.3) is 0 Å². The fourth-order valence-corrected chi connectivity index (χ4v) is 1.37. The van der Waals surface area contributed by atoms with Crippen LogP contribution in [0.5, 0.6) is 0 Å². The van der Waals surface area contributed by atoms with Crippen LogP contribution in [0, 0.1) is 11.3 Å². The topological polar surface area (TPSA) is 76.4 Å². The Morgan fingerprint density at radius 1 is 1.11 bits per heavy atom. The van der Waals surface area contributed by atoms with Crippen molar-refractivity contribution >= 4 is 11.9 Å². The third kappa shape index (κ3) is 6.04. The summed E-state index contributed by atoms with van der Waals surface area (Å²) in [6, 6.07) is 1.84. The van der Waals surface area contributed by atoms with Gasteiger partial charge in [-0.05, 0) is 39.2 Å². The number of ether oxygens (including phenoxy) is 2. The molecule has 5 heteroatoms. The summed E-state index contributed by atoms with van der Waals surface area (Å²) < 4.78 is 9.56. The maximum atomic E-state index is 11.4. The molecule has 0 unspecified atom stereocenters. The third-order valence-corrected chi connectivity index (χ3v) is 2.26. The minimum atomic E-state index is -0.603. The van der Waals surface area contributed by atoms with Gasteiger partial charge < -0.3 is 9.47 Å². The molecule has 100 valence electrons. The van der Waals surface area contributed by atoms with E-state index in [4.69, 9.17) is 14.7 Å². The zero-order valence-electron chi connectivity index (χ0n) is 11.1. The van der Waals surface area contributed by atoms with Crippen LogP contribution < -0.4 is 0 Å². The summed E-state index contributed by atoms with van der Waals surface area (Å²) in [5.74, 6) is -0.867. The molecule has 0 saturated carbocycles. The molecule has 18 heavy (non-hydrogen) atoms. The monoisotopic (exact) mass is 253 g/mol. The maximum Gasteiger partial charge on any atom is 0.348 e. The lowest BCUT2D eigenvalue weighted by molar-refractivity contribution is -0.143. The van der Waals surface area contributed by atoms with Gasteiger partial charge in [0.05, 0.1) is 13.2 Å². The van der Waals surface area contributed by atoms with Crippen molar-refractivity contribution in [1.82, 2.24) is 0 Å². The Hall–Kier alpha value is -1.83. The van der Waals surface area contributed by atoms with Crippen molar-refractivity contribution in [2.45, 2.75) is 40.0 Å². The highest BCUT2D eigenvalue weighted by molar-refractivity contribution is 5.93. The molecule has 0 aromatic heterocycles. The van der Waals surface area contributed by atoms with Crippen molar-refractivity contribution in [2.75, 3.05) is 13.2 Å². The van der Waals surface area contributed by atoms with Crippen LogP contribution in [0.25, 0.3) is 0 Å². The number of rotatable bonds is 7. The standard InChI is InChI=1S/C13H19NO4/c1-4-17-12(15)8-6-7-10(3)11(9-14)13(16)18-5-2/h4-8H2,1-3H3/b11-10+. The Morgan fingerprint density at radius 2 is 1.72 bits per heavy atom. The molecule has 0 rings (SSSR count). The summed E-state index contributed by atoms with van der Waals surface area (Å²) in [7, 11) is 0. The van der Waals surface area contributed by atoms with Gasteiger partial charge in [-0.3, -0.25) is 4.79 Å². The molecule has 0 N–H and O–H groups in total. The number of nitrogens with zero attached hydrogens (tertiary/aromatic N) is 1. The van der Waals surface area contributed by atoms with Crippen LogP contribution in [-0.4, -0.2) is 25.2 Å². The number of carbonyl (C=O) groups is 2. The number of esters is 2. The van der Waals surface area contributed by atoms with Gasteiger partial charge >= 0.3 is 11.9 Å². The highest BCUT2D eigenvalue weighted by Crippen LogP contribution is 2.13. The highest BCUT2D eigenvalue weighted by Gasteiger charge is 2.13. The van der Waals surface area contributed by atoms with E-state index in [1.54, 1.807) is 20.8 Å². The second-order valence-corrected chi connectivity index (χ2v) is 3.65. The van der Waals surface area contributed by atoms with Gasteiger partial charge in [0.1, 0.15) is 11.6 Å². The minimum absolute atomic E-state index is 0.0284. The SMILES string of the molecule is CCOC(=O)CCC/C(C)=C(\C#N)C(=O)OCC. The number of allylic oxidation sites excluding steroid dienone is 1. The second-order valence-electron chi connectivity index (χ2n) is 3.65. The van der Waals surface area contributed by atoms with E-state index in [0.29, 0.717) is 25.0 Å². The maximum absolute atomic E-state index is 11.4. The van der Waals surface area contributed by atoms with Gasteiger partial charge in [-0.1, -0.05) is 0 Å². The smallest absolute Gasteiger partial charge is 0.348 e. The van der Waals surface area contributed by atoms with Crippen molar-refractivity contribution < 1.29 is 19.1 Å². The first-order valence-electron chi connectivity index (χ1n) is 5.99. The van der Waals surface area contributed by atoms with Crippen molar-refractivity contribution in [3.05, 3.63) is 11.1 Å².